The lowest BCUT2D eigenvalue weighted by Gasteiger charge is -2.20. The number of hydrogen-bond donors (Lipinski definition) is 1. The van der Waals surface area contributed by atoms with Crippen molar-refractivity contribution in [3.63, 3.8) is 0 Å². The molecule has 25 heavy (non-hydrogen) atoms. The second kappa shape index (κ2) is 9.08. The maximum atomic E-state index is 12.2. The number of anilines is 1. The summed E-state index contributed by atoms with van der Waals surface area (Å²) in [5.41, 5.74) is 0.163. The number of carbonyl (C=O) groups is 3. The fraction of sp³-hybridized carbons (Fsp3) is 0.611. The van der Waals surface area contributed by atoms with Gasteiger partial charge in [-0.2, -0.15) is 0 Å². The summed E-state index contributed by atoms with van der Waals surface area (Å²) in [6.07, 6.45) is 5.98. The van der Waals surface area contributed by atoms with E-state index in [2.05, 4.69) is 5.32 Å². The number of rotatable bonds is 7. The van der Waals surface area contributed by atoms with E-state index in [9.17, 15) is 14.4 Å². The summed E-state index contributed by atoms with van der Waals surface area (Å²) in [5, 5.41) is 3.14. The Morgan fingerprint density at radius 3 is 2.48 bits per heavy atom. The van der Waals surface area contributed by atoms with Gasteiger partial charge in [-0.1, -0.05) is 19.3 Å². The summed E-state index contributed by atoms with van der Waals surface area (Å²) >= 11 is 1.63. The van der Waals surface area contributed by atoms with Crippen LogP contribution in [-0.4, -0.2) is 35.3 Å². The van der Waals surface area contributed by atoms with Crippen molar-refractivity contribution < 1.29 is 23.5 Å². The van der Waals surface area contributed by atoms with E-state index in [1.807, 2.05) is 0 Å². The van der Waals surface area contributed by atoms with Crippen molar-refractivity contribution >= 4 is 35.3 Å². The molecule has 1 N–H and O–H groups in total. The Kier molecular flexibility index (Phi) is 7.11. The molecule has 6 nitrogen and oxygen atoms in total. The summed E-state index contributed by atoms with van der Waals surface area (Å²) in [4.78, 5) is 36.3. The zero-order valence-corrected chi connectivity index (χ0v) is 15.8. The molecular weight excluding hydrogens is 342 g/mol. The molecule has 0 bridgehead atoms. The number of nitrogens with one attached hydrogen (secondary N) is 1. The van der Waals surface area contributed by atoms with Crippen LogP contribution in [0, 0.1) is 6.92 Å². The van der Waals surface area contributed by atoms with E-state index in [1.54, 1.807) is 25.6 Å². The van der Waals surface area contributed by atoms with Crippen LogP contribution >= 0.6 is 11.8 Å². The largest absolute Gasteiger partial charge is 0.462 e. The molecule has 1 saturated carbocycles. The minimum atomic E-state index is -0.667. The van der Waals surface area contributed by atoms with Gasteiger partial charge in [0, 0.05) is 5.25 Å². The van der Waals surface area contributed by atoms with Gasteiger partial charge in [-0.3, -0.25) is 14.9 Å². The molecule has 1 aromatic rings. The van der Waals surface area contributed by atoms with E-state index in [1.165, 1.54) is 26.2 Å². The molecule has 1 amide bonds. The molecule has 0 atom stereocenters. The Balaban J connectivity index is 2.09. The molecule has 2 rings (SSSR count). The second-order valence-electron chi connectivity index (χ2n) is 6.13. The molecule has 0 aliphatic heterocycles. The van der Waals surface area contributed by atoms with Crippen molar-refractivity contribution in [1.29, 1.82) is 0 Å². The maximum absolute atomic E-state index is 12.2. The second-order valence-corrected chi connectivity index (χ2v) is 7.42. The first-order valence-corrected chi connectivity index (χ1v) is 9.71. The van der Waals surface area contributed by atoms with Gasteiger partial charge in [-0.15, -0.1) is 11.8 Å². The summed E-state index contributed by atoms with van der Waals surface area (Å²) in [5.74, 6) is -0.630. The van der Waals surface area contributed by atoms with Gasteiger partial charge in [0.15, 0.2) is 5.78 Å². The van der Waals surface area contributed by atoms with Crippen LogP contribution in [0.25, 0.3) is 0 Å². The first-order chi connectivity index (χ1) is 11.9. The third-order valence-electron chi connectivity index (χ3n) is 4.17. The summed E-state index contributed by atoms with van der Waals surface area (Å²) in [6.45, 7) is 4.79. The molecule has 1 aliphatic rings. The average molecular weight is 367 g/mol. The predicted molar refractivity (Wildman–Crippen MR) is 97.4 cm³/mol. The highest BCUT2D eigenvalue weighted by Crippen LogP contribution is 2.30. The Morgan fingerprint density at radius 1 is 1.20 bits per heavy atom. The lowest BCUT2D eigenvalue weighted by molar-refractivity contribution is -0.113. The predicted octanol–water partition coefficient (Wildman–Crippen LogP) is 3.97. The molecule has 1 heterocycles. The van der Waals surface area contributed by atoms with Gasteiger partial charge < -0.3 is 9.15 Å². The molecule has 138 valence electrons. The number of furan rings is 1. The van der Waals surface area contributed by atoms with E-state index in [-0.39, 0.29) is 35.3 Å². The standard InChI is InChI=1S/C18H25NO5S/c1-4-23-18(22)16-15(11(2)20)12(3)24-17(16)19-14(21)10-25-13-8-6-5-7-9-13/h13H,4-10H2,1-3H3,(H,19,21). The highest BCUT2D eigenvalue weighted by molar-refractivity contribution is 8.00. The number of ether oxygens (including phenoxy) is 1. The number of carbonyl (C=O) groups excluding carboxylic acids is 3. The van der Waals surface area contributed by atoms with Crippen molar-refractivity contribution in [2.24, 2.45) is 0 Å². The van der Waals surface area contributed by atoms with E-state index in [0.717, 1.165) is 12.8 Å². The number of ketones is 1. The Morgan fingerprint density at radius 2 is 1.88 bits per heavy atom. The maximum Gasteiger partial charge on any atom is 0.344 e. The summed E-state index contributed by atoms with van der Waals surface area (Å²) in [6, 6.07) is 0. The monoisotopic (exact) mass is 367 g/mol. The molecule has 1 aliphatic carbocycles. The van der Waals surface area contributed by atoms with Gasteiger partial charge in [-0.05, 0) is 33.6 Å². The van der Waals surface area contributed by atoms with Crippen molar-refractivity contribution in [2.45, 2.75) is 58.1 Å². The molecule has 0 aromatic carbocycles. The van der Waals surface area contributed by atoms with Gasteiger partial charge in [0.05, 0.1) is 17.9 Å². The van der Waals surface area contributed by atoms with Crippen LogP contribution in [0.3, 0.4) is 0 Å². The van der Waals surface area contributed by atoms with E-state index in [4.69, 9.17) is 9.15 Å². The Labute approximate surface area is 152 Å². The number of esters is 1. The fourth-order valence-electron chi connectivity index (χ4n) is 3.04. The minimum absolute atomic E-state index is 0.00265. The van der Waals surface area contributed by atoms with E-state index >= 15 is 0 Å². The van der Waals surface area contributed by atoms with Gasteiger partial charge >= 0.3 is 5.97 Å². The van der Waals surface area contributed by atoms with Crippen molar-refractivity contribution in [1.82, 2.24) is 0 Å². The first-order valence-electron chi connectivity index (χ1n) is 8.66. The van der Waals surface area contributed by atoms with Crippen molar-refractivity contribution in [3.8, 4) is 0 Å². The van der Waals surface area contributed by atoms with Crippen LogP contribution in [0.4, 0.5) is 5.88 Å². The van der Waals surface area contributed by atoms with Gasteiger partial charge in [0.1, 0.15) is 11.3 Å². The molecule has 0 saturated heterocycles. The zero-order valence-electron chi connectivity index (χ0n) is 15.0. The molecular formula is C18H25NO5S. The third kappa shape index (κ3) is 5.11. The third-order valence-corrected chi connectivity index (χ3v) is 5.54. The van der Waals surface area contributed by atoms with E-state index in [0.29, 0.717) is 16.8 Å². The number of hydrogen-bond acceptors (Lipinski definition) is 6. The minimum Gasteiger partial charge on any atom is -0.462 e. The van der Waals surface area contributed by atoms with Crippen LogP contribution in [-0.2, 0) is 9.53 Å². The SMILES string of the molecule is CCOC(=O)c1c(NC(=O)CSC2CCCCC2)oc(C)c1C(C)=O. The molecule has 0 unspecified atom stereocenters. The number of aryl methyl sites for hydroxylation is 1. The molecule has 7 heteroatoms. The quantitative estimate of drug-likeness (QED) is 0.580. The van der Waals surface area contributed by atoms with Gasteiger partial charge in [0.2, 0.25) is 11.8 Å². The number of amides is 1. The van der Waals surface area contributed by atoms with Crippen LogP contribution in [0.15, 0.2) is 4.42 Å². The van der Waals surface area contributed by atoms with Gasteiger partial charge in [-0.25, -0.2) is 4.79 Å². The lowest BCUT2D eigenvalue weighted by atomic mass is 10.0. The number of thioether (sulfide) groups is 1. The first kappa shape index (κ1) is 19.6. The average Bonchev–Trinajstić information content (AvgIpc) is 2.90. The summed E-state index contributed by atoms with van der Waals surface area (Å²) < 4.78 is 10.5. The topological polar surface area (TPSA) is 85.6 Å². The number of Topliss-reactive ketones (excluding diaryl/α,β-unsaturated/α-hetero) is 1. The zero-order chi connectivity index (χ0) is 18.4. The lowest BCUT2D eigenvalue weighted by Crippen LogP contribution is -2.19. The van der Waals surface area contributed by atoms with Crippen LogP contribution in [0.2, 0.25) is 0 Å². The summed E-state index contributed by atoms with van der Waals surface area (Å²) in [7, 11) is 0. The van der Waals surface area contributed by atoms with E-state index < -0.39 is 5.97 Å². The van der Waals surface area contributed by atoms with Crippen LogP contribution in [0.1, 0.15) is 72.4 Å². The fourth-order valence-corrected chi connectivity index (χ4v) is 4.17. The van der Waals surface area contributed by atoms with Gasteiger partial charge in [0.25, 0.3) is 0 Å². The molecule has 1 aromatic heterocycles. The van der Waals surface area contributed by atoms with Crippen molar-refractivity contribution in [3.05, 3.63) is 16.9 Å². The van der Waals surface area contributed by atoms with Crippen LogP contribution < -0.4 is 5.32 Å². The van der Waals surface area contributed by atoms with Crippen molar-refractivity contribution in [2.75, 3.05) is 17.7 Å². The smallest absolute Gasteiger partial charge is 0.344 e. The molecule has 1 fully saturated rings. The molecule has 0 spiro atoms. The highest BCUT2D eigenvalue weighted by atomic mass is 32.2. The Hall–Kier alpha value is -1.76. The molecule has 0 radical (unpaired) electrons. The highest BCUT2D eigenvalue weighted by Gasteiger charge is 2.28. The van der Waals surface area contributed by atoms with Crippen LogP contribution in [0.5, 0.6) is 0 Å². The normalized spacial score (nSPS) is 15.0. The Bertz CT molecular complexity index is 646.